The topological polar surface area (TPSA) is 46.2 Å². The highest BCUT2D eigenvalue weighted by molar-refractivity contribution is 9.11. The van der Waals surface area contributed by atoms with Crippen molar-refractivity contribution in [2.45, 2.75) is 24.0 Å². The van der Waals surface area contributed by atoms with Crippen LogP contribution < -0.4 is 4.72 Å². The van der Waals surface area contributed by atoms with Crippen LogP contribution in [0.2, 0.25) is 5.02 Å². The number of para-hydroxylation sites is 1. The lowest BCUT2D eigenvalue weighted by atomic mass is 10.0. The molecule has 7 heteroatoms. The van der Waals surface area contributed by atoms with E-state index < -0.39 is 10.0 Å². The average molecular weight is 395 g/mol. The minimum absolute atomic E-state index is 0.188. The van der Waals surface area contributed by atoms with Crippen molar-refractivity contribution in [2.75, 3.05) is 4.72 Å². The predicted molar refractivity (Wildman–Crippen MR) is 88.4 cm³/mol. The van der Waals surface area contributed by atoms with Crippen molar-refractivity contribution in [2.24, 2.45) is 0 Å². The van der Waals surface area contributed by atoms with Gasteiger partial charge in [-0.05, 0) is 39.5 Å². The molecule has 0 radical (unpaired) electrons. The molecule has 1 aromatic heterocycles. The summed E-state index contributed by atoms with van der Waals surface area (Å²) in [5.74, 6) is 0.229. The number of nitrogens with one attached hydrogen (secondary N) is 1. The number of thiophene rings is 1. The minimum atomic E-state index is -3.62. The first-order valence-corrected chi connectivity index (χ1v) is 9.35. The Kier molecular flexibility index (Phi) is 4.79. The molecule has 0 saturated heterocycles. The lowest BCUT2D eigenvalue weighted by Crippen LogP contribution is -2.13. The summed E-state index contributed by atoms with van der Waals surface area (Å²) in [6.07, 6.45) is 0. The summed E-state index contributed by atoms with van der Waals surface area (Å²) in [7, 11) is -3.62. The molecule has 0 bridgehead atoms. The molecule has 1 N–H and O–H groups in total. The van der Waals surface area contributed by atoms with Crippen LogP contribution >= 0.6 is 38.9 Å². The lowest BCUT2D eigenvalue weighted by molar-refractivity contribution is 0.603. The zero-order valence-electron chi connectivity index (χ0n) is 10.9. The number of hydrogen-bond donors (Lipinski definition) is 1. The maximum atomic E-state index is 12.4. The molecule has 0 saturated carbocycles. The maximum absolute atomic E-state index is 12.4. The summed E-state index contributed by atoms with van der Waals surface area (Å²) in [6.45, 7) is 4.04. The molecule has 20 heavy (non-hydrogen) atoms. The fourth-order valence-electron chi connectivity index (χ4n) is 1.75. The van der Waals surface area contributed by atoms with E-state index in [4.69, 9.17) is 11.6 Å². The Morgan fingerprint density at radius 1 is 1.30 bits per heavy atom. The van der Waals surface area contributed by atoms with E-state index in [1.165, 1.54) is 6.07 Å². The largest absolute Gasteiger partial charge is 0.279 e. The zero-order chi connectivity index (χ0) is 14.9. The highest BCUT2D eigenvalue weighted by atomic mass is 79.9. The first-order valence-electron chi connectivity index (χ1n) is 5.88. The minimum Gasteiger partial charge on any atom is -0.279 e. The van der Waals surface area contributed by atoms with E-state index in [-0.39, 0.29) is 10.1 Å². The van der Waals surface area contributed by atoms with Gasteiger partial charge in [-0.15, -0.1) is 11.3 Å². The molecule has 0 unspecified atom stereocenters. The van der Waals surface area contributed by atoms with Crippen molar-refractivity contribution in [1.29, 1.82) is 0 Å². The Labute approximate surface area is 136 Å². The van der Waals surface area contributed by atoms with Crippen LogP contribution in [0.25, 0.3) is 0 Å². The fourth-order valence-corrected chi connectivity index (χ4v) is 5.23. The van der Waals surface area contributed by atoms with E-state index in [1.807, 2.05) is 26.0 Å². The van der Waals surface area contributed by atoms with E-state index in [0.29, 0.717) is 14.5 Å². The van der Waals surface area contributed by atoms with Gasteiger partial charge in [0.2, 0.25) is 0 Å². The zero-order valence-corrected chi connectivity index (χ0v) is 14.8. The van der Waals surface area contributed by atoms with Gasteiger partial charge in [-0.2, -0.15) is 0 Å². The van der Waals surface area contributed by atoms with Crippen molar-refractivity contribution in [1.82, 2.24) is 0 Å². The molecule has 2 rings (SSSR count). The molecule has 1 aromatic carbocycles. The van der Waals surface area contributed by atoms with E-state index in [1.54, 1.807) is 12.1 Å². The number of rotatable bonds is 4. The number of halogens is 2. The van der Waals surface area contributed by atoms with Crippen LogP contribution in [0.3, 0.4) is 0 Å². The highest BCUT2D eigenvalue weighted by Crippen LogP contribution is 2.36. The van der Waals surface area contributed by atoms with Crippen LogP contribution in [0.15, 0.2) is 38.3 Å². The molecular weight excluding hydrogens is 382 g/mol. The molecule has 0 amide bonds. The van der Waals surface area contributed by atoms with E-state index in [0.717, 1.165) is 16.9 Å². The monoisotopic (exact) mass is 393 g/mol. The Morgan fingerprint density at radius 3 is 2.50 bits per heavy atom. The quantitative estimate of drug-likeness (QED) is 0.785. The van der Waals surface area contributed by atoms with Crippen molar-refractivity contribution in [3.63, 3.8) is 0 Å². The molecule has 0 fully saturated rings. The third-order valence-electron chi connectivity index (χ3n) is 2.71. The van der Waals surface area contributed by atoms with Gasteiger partial charge >= 0.3 is 0 Å². The highest BCUT2D eigenvalue weighted by Gasteiger charge is 2.20. The van der Waals surface area contributed by atoms with Crippen LogP contribution in [0.5, 0.6) is 0 Å². The molecule has 108 valence electrons. The Morgan fingerprint density at radius 2 is 1.95 bits per heavy atom. The normalized spacial score (nSPS) is 11.8. The summed E-state index contributed by atoms with van der Waals surface area (Å²) in [4.78, 5) is 0. The predicted octanol–water partition coefficient (Wildman–Crippen LogP) is 5.09. The van der Waals surface area contributed by atoms with Crippen molar-refractivity contribution in [3.05, 3.63) is 44.7 Å². The maximum Gasteiger partial charge on any atom is 0.271 e. The SMILES string of the molecule is CC(C)c1ccccc1NS(=O)(=O)c1cc(Cl)c(Br)s1. The van der Waals surface area contributed by atoms with Crippen molar-refractivity contribution < 1.29 is 8.42 Å². The second-order valence-electron chi connectivity index (χ2n) is 4.53. The Hall–Kier alpha value is -0.560. The van der Waals surface area contributed by atoms with Crippen LogP contribution in [-0.2, 0) is 10.0 Å². The molecule has 0 spiro atoms. The Balaban J connectivity index is 2.38. The molecule has 3 nitrogen and oxygen atoms in total. The lowest BCUT2D eigenvalue weighted by Gasteiger charge is -2.13. The standard InChI is InChI=1S/C13H13BrClNO2S2/c1-8(2)9-5-3-4-6-11(9)16-20(17,18)12-7-10(15)13(14)19-12/h3-8,16H,1-2H3. The third-order valence-corrected chi connectivity index (χ3v) is 7.03. The van der Waals surface area contributed by atoms with Crippen molar-refractivity contribution in [3.8, 4) is 0 Å². The molecule has 0 aliphatic carbocycles. The number of hydrogen-bond acceptors (Lipinski definition) is 3. The first-order chi connectivity index (χ1) is 9.31. The van der Waals surface area contributed by atoms with E-state index >= 15 is 0 Å². The van der Waals surface area contributed by atoms with Gasteiger partial charge in [0, 0.05) is 0 Å². The smallest absolute Gasteiger partial charge is 0.271 e. The van der Waals surface area contributed by atoms with Crippen LogP contribution in [0.1, 0.15) is 25.3 Å². The molecular formula is C13H13BrClNO2S2. The van der Waals surface area contributed by atoms with E-state index in [9.17, 15) is 8.42 Å². The van der Waals surface area contributed by atoms with Crippen LogP contribution in [0, 0.1) is 0 Å². The molecule has 2 aromatic rings. The third kappa shape index (κ3) is 3.36. The molecule has 0 aliphatic heterocycles. The van der Waals surface area contributed by atoms with Gasteiger partial charge in [-0.1, -0.05) is 43.6 Å². The van der Waals surface area contributed by atoms with Gasteiger partial charge in [0.25, 0.3) is 10.0 Å². The van der Waals surface area contributed by atoms with Crippen LogP contribution in [-0.4, -0.2) is 8.42 Å². The van der Waals surface area contributed by atoms with E-state index in [2.05, 4.69) is 20.7 Å². The summed E-state index contributed by atoms with van der Waals surface area (Å²) >= 11 is 10.2. The fraction of sp³-hybridized carbons (Fsp3) is 0.231. The molecule has 0 atom stereocenters. The number of sulfonamides is 1. The van der Waals surface area contributed by atoms with Gasteiger partial charge in [0.1, 0.15) is 4.21 Å². The first kappa shape index (κ1) is 15.8. The second-order valence-corrected chi connectivity index (χ2v) is 9.22. The summed E-state index contributed by atoms with van der Waals surface area (Å²) in [5, 5.41) is 0.396. The van der Waals surface area contributed by atoms with Crippen LogP contribution in [0.4, 0.5) is 5.69 Å². The number of benzene rings is 1. The van der Waals surface area contributed by atoms with Gasteiger partial charge in [0.05, 0.1) is 14.5 Å². The van der Waals surface area contributed by atoms with Gasteiger partial charge < -0.3 is 0 Å². The van der Waals surface area contributed by atoms with Gasteiger partial charge in [-0.3, -0.25) is 4.72 Å². The number of anilines is 1. The Bertz CT molecular complexity index is 706. The second kappa shape index (κ2) is 6.05. The summed E-state index contributed by atoms with van der Waals surface area (Å²) in [5.41, 5.74) is 1.56. The molecule has 1 heterocycles. The van der Waals surface area contributed by atoms with Gasteiger partial charge in [-0.25, -0.2) is 8.42 Å². The summed E-state index contributed by atoms with van der Waals surface area (Å²) < 4.78 is 28.1. The van der Waals surface area contributed by atoms with Gasteiger partial charge in [0.15, 0.2) is 0 Å². The summed E-state index contributed by atoms with van der Waals surface area (Å²) in [6, 6.07) is 8.82. The van der Waals surface area contributed by atoms with Crippen molar-refractivity contribution >= 4 is 54.6 Å². The average Bonchev–Trinajstić information content (AvgIpc) is 2.70. The molecule has 0 aliphatic rings.